The van der Waals surface area contributed by atoms with Gasteiger partial charge in [0.15, 0.2) is 5.96 Å². The summed E-state index contributed by atoms with van der Waals surface area (Å²) < 4.78 is 0. The van der Waals surface area contributed by atoms with Crippen LogP contribution in [0, 0.1) is 6.92 Å². The Bertz CT molecular complexity index is 541. The van der Waals surface area contributed by atoms with E-state index >= 15 is 0 Å². The maximum atomic E-state index is 6.11. The summed E-state index contributed by atoms with van der Waals surface area (Å²) in [6.07, 6.45) is 2.45. The fourth-order valence-electron chi connectivity index (χ4n) is 2.81. The van der Waals surface area contributed by atoms with Crippen molar-refractivity contribution in [2.24, 2.45) is 10.7 Å². The van der Waals surface area contributed by atoms with E-state index in [1.807, 2.05) is 24.8 Å². The summed E-state index contributed by atoms with van der Waals surface area (Å²) in [6, 6.07) is 2.00. The first-order valence-electron chi connectivity index (χ1n) is 7.94. The molecule has 2 aliphatic rings. The molecule has 2 fully saturated rings. The molecule has 0 atom stereocenters. The number of anilines is 1. The molecular formula is C15H25IN6S. The van der Waals surface area contributed by atoms with E-state index in [4.69, 9.17) is 5.73 Å². The van der Waals surface area contributed by atoms with E-state index < -0.39 is 0 Å². The van der Waals surface area contributed by atoms with Crippen LogP contribution in [0.3, 0.4) is 0 Å². The van der Waals surface area contributed by atoms with E-state index in [2.05, 4.69) is 24.8 Å². The molecule has 0 bridgehead atoms. The molecule has 3 rings (SSSR count). The highest BCUT2D eigenvalue weighted by Gasteiger charge is 2.16. The van der Waals surface area contributed by atoms with E-state index in [9.17, 15) is 0 Å². The molecule has 128 valence electrons. The Morgan fingerprint density at radius 1 is 1.22 bits per heavy atom. The van der Waals surface area contributed by atoms with Crippen LogP contribution < -0.4 is 10.6 Å². The Morgan fingerprint density at radius 2 is 1.91 bits per heavy atom. The first-order valence-corrected chi connectivity index (χ1v) is 9.10. The number of thioether (sulfide) groups is 1. The van der Waals surface area contributed by atoms with Gasteiger partial charge >= 0.3 is 0 Å². The third kappa shape index (κ3) is 5.10. The van der Waals surface area contributed by atoms with E-state index in [0.717, 1.165) is 55.0 Å². The van der Waals surface area contributed by atoms with Gasteiger partial charge in [0.25, 0.3) is 0 Å². The van der Waals surface area contributed by atoms with Crippen LogP contribution >= 0.6 is 35.7 Å². The Hall–Kier alpha value is -0.770. The van der Waals surface area contributed by atoms with Crippen molar-refractivity contribution in [1.82, 2.24) is 14.9 Å². The number of guanidine groups is 1. The Labute approximate surface area is 159 Å². The van der Waals surface area contributed by atoms with Crippen molar-refractivity contribution in [2.75, 3.05) is 42.6 Å². The number of nitrogens with zero attached hydrogens (tertiary/aromatic N) is 5. The van der Waals surface area contributed by atoms with Gasteiger partial charge in [0.1, 0.15) is 0 Å². The highest BCUT2D eigenvalue weighted by atomic mass is 127. The van der Waals surface area contributed by atoms with Gasteiger partial charge in [0, 0.05) is 43.4 Å². The van der Waals surface area contributed by atoms with Crippen LogP contribution in [-0.2, 0) is 6.54 Å². The summed E-state index contributed by atoms with van der Waals surface area (Å²) in [6.45, 7) is 6.63. The molecule has 0 aliphatic carbocycles. The normalized spacial score (nSPS) is 18.9. The standard InChI is InChI=1S/C15H24N6S.HI/c1-12-10-13(19-15(18-12)21-4-2-3-5-21)11-17-14(16)20-6-8-22-9-7-20;/h10H,2-9,11H2,1H3,(H2,16,17);1H. The molecule has 2 saturated heterocycles. The molecule has 3 heterocycles. The number of aryl methyl sites for hydroxylation is 1. The van der Waals surface area contributed by atoms with Crippen molar-refractivity contribution >= 4 is 47.6 Å². The topological polar surface area (TPSA) is 70.6 Å². The van der Waals surface area contributed by atoms with E-state index in [1.54, 1.807) is 0 Å². The maximum Gasteiger partial charge on any atom is 0.225 e. The molecule has 23 heavy (non-hydrogen) atoms. The van der Waals surface area contributed by atoms with Gasteiger partial charge in [-0.25, -0.2) is 15.0 Å². The molecule has 0 amide bonds. The number of hydrogen-bond donors (Lipinski definition) is 1. The van der Waals surface area contributed by atoms with Crippen LogP contribution in [0.4, 0.5) is 5.95 Å². The highest BCUT2D eigenvalue weighted by molar-refractivity contribution is 14.0. The molecule has 6 nitrogen and oxygen atoms in total. The second-order valence-corrected chi connectivity index (χ2v) is 6.99. The lowest BCUT2D eigenvalue weighted by Crippen LogP contribution is -2.42. The average Bonchev–Trinajstić information content (AvgIpc) is 3.07. The molecule has 0 radical (unpaired) electrons. The molecule has 1 aromatic rings. The van der Waals surface area contributed by atoms with Crippen molar-refractivity contribution < 1.29 is 0 Å². The summed E-state index contributed by atoms with van der Waals surface area (Å²) in [5.74, 6) is 3.74. The first-order chi connectivity index (χ1) is 10.7. The van der Waals surface area contributed by atoms with Crippen LogP contribution in [0.5, 0.6) is 0 Å². The van der Waals surface area contributed by atoms with Gasteiger partial charge in [-0.05, 0) is 25.8 Å². The largest absolute Gasteiger partial charge is 0.370 e. The van der Waals surface area contributed by atoms with Crippen LogP contribution in [0.25, 0.3) is 0 Å². The predicted molar refractivity (Wildman–Crippen MR) is 108 cm³/mol. The van der Waals surface area contributed by atoms with Crippen molar-refractivity contribution in [2.45, 2.75) is 26.3 Å². The summed E-state index contributed by atoms with van der Waals surface area (Å²) in [5.41, 5.74) is 8.05. The van der Waals surface area contributed by atoms with Gasteiger partial charge < -0.3 is 15.5 Å². The summed E-state index contributed by atoms with van der Waals surface area (Å²) >= 11 is 1.97. The van der Waals surface area contributed by atoms with Crippen molar-refractivity contribution in [1.29, 1.82) is 0 Å². The van der Waals surface area contributed by atoms with E-state index in [-0.39, 0.29) is 24.0 Å². The highest BCUT2D eigenvalue weighted by Crippen LogP contribution is 2.17. The monoisotopic (exact) mass is 448 g/mol. The fourth-order valence-corrected chi connectivity index (χ4v) is 3.71. The number of hydrogen-bond acceptors (Lipinski definition) is 5. The lowest BCUT2D eigenvalue weighted by atomic mass is 10.3. The molecule has 0 aromatic carbocycles. The number of nitrogens with two attached hydrogens (primary N) is 1. The summed E-state index contributed by atoms with van der Waals surface area (Å²) in [5, 5.41) is 0. The Kier molecular flexibility index (Phi) is 7.19. The van der Waals surface area contributed by atoms with Gasteiger partial charge in [-0.3, -0.25) is 0 Å². The molecule has 2 N–H and O–H groups in total. The summed E-state index contributed by atoms with van der Waals surface area (Å²) in [7, 11) is 0. The van der Waals surface area contributed by atoms with Crippen LogP contribution in [0.1, 0.15) is 24.2 Å². The zero-order valence-corrected chi connectivity index (χ0v) is 16.7. The van der Waals surface area contributed by atoms with Gasteiger partial charge in [0.2, 0.25) is 5.95 Å². The first kappa shape index (κ1) is 18.6. The minimum atomic E-state index is 0. The Balaban J connectivity index is 0.00000192. The maximum absolute atomic E-state index is 6.11. The minimum Gasteiger partial charge on any atom is -0.370 e. The van der Waals surface area contributed by atoms with Crippen molar-refractivity contribution in [3.8, 4) is 0 Å². The smallest absolute Gasteiger partial charge is 0.225 e. The zero-order chi connectivity index (χ0) is 15.4. The second-order valence-electron chi connectivity index (χ2n) is 5.77. The molecule has 1 aromatic heterocycles. The predicted octanol–water partition coefficient (Wildman–Crippen LogP) is 1.87. The zero-order valence-electron chi connectivity index (χ0n) is 13.6. The average molecular weight is 448 g/mol. The summed E-state index contributed by atoms with van der Waals surface area (Å²) in [4.78, 5) is 18.2. The van der Waals surface area contributed by atoms with Crippen molar-refractivity contribution in [3.05, 3.63) is 17.5 Å². The fraction of sp³-hybridized carbons (Fsp3) is 0.667. The van der Waals surface area contributed by atoms with E-state index in [0.29, 0.717) is 12.5 Å². The third-order valence-corrected chi connectivity index (χ3v) is 4.96. The van der Waals surface area contributed by atoms with E-state index in [1.165, 1.54) is 12.8 Å². The molecule has 2 aliphatic heterocycles. The van der Waals surface area contributed by atoms with Crippen LogP contribution in [0.2, 0.25) is 0 Å². The number of aliphatic imine (C=N–C) groups is 1. The molecule has 8 heteroatoms. The molecule has 0 spiro atoms. The second kappa shape index (κ2) is 8.91. The quantitative estimate of drug-likeness (QED) is 0.433. The van der Waals surface area contributed by atoms with Crippen LogP contribution in [0.15, 0.2) is 11.1 Å². The molecule has 0 saturated carbocycles. The molecular weight excluding hydrogens is 423 g/mol. The lowest BCUT2D eigenvalue weighted by molar-refractivity contribution is 0.455. The molecule has 0 unspecified atom stereocenters. The lowest BCUT2D eigenvalue weighted by Gasteiger charge is -2.27. The Morgan fingerprint density at radius 3 is 2.61 bits per heavy atom. The minimum absolute atomic E-state index is 0. The van der Waals surface area contributed by atoms with Crippen LogP contribution in [-0.4, -0.2) is 58.5 Å². The SMILES string of the molecule is Cc1cc(CN=C(N)N2CCSCC2)nc(N2CCCC2)n1.I. The van der Waals surface area contributed by atoms with Gasteiger partial charge in [-0.1, -0.05) is 0 Å². The van der Waals surface area contributed by atoms with Crippen molar-refractivity contribution in [3.63, 3.8) is 0 Å². The van der Waals surface area contributed by atoms with Gasteiger partial charge in [-0.15, -0.1) is 24.0 Å². The van der Waals surface area contributed by atoms with Gasteiger partial charge in [-0.2, -0.15) is 11.8 Å². The van der Waals surface area contributed by atoms with Gasteiger partial charge in [0.05, 0.1) is 12.2 Å². The number of aromatic nitrogens is 2. The number of halogens is 1. The third-order valence-electron chi connectivity index (χ3n) is 4.02. The number of rotatable bonds is 3.